The maximum atomic E-state index is 12.8. The van der Waals surface area contributed by atoms with E-state index in [0.29, 0.717) is 9.90 Å². The molecule has 0 aliphatic carbocycles. The number of hydrogen-bond acceptors (Lipinski definition) is 6. The molecule has 3 aromatic carbocycles. The van der Waals surface area contributed by atoms with Gasteiger partial charge in [-0.1, -0.05) is 59.5 Å². The molecular weight excluding hydrogens is 473 g/mol. The molecule has 11 heteroatoms. The Morgan fingerprint density at radius 3 is 2.48 bits per heavy atom. The average Bonchev–Trinajstić information content (AvgIpc) is 3.24. The summed E-state index contributed by atoms with van der Waals surface area (Å²) < 4.78 is 38.8. The largest absolute Gasteiger partial charge is 0.416 e. The Kier molecular flexibility index (Phi) is 6.61. The van der Waals surface area contributed by atoms with Gasteiger partial charge in [0.15, 0.2) is 4.34 Å². The molecule has 1 heterocycles. The Hall–Kier alpha value is -3.44. The molecule has 0 aliphatic rings. The van der Waals surface area contributed by atoms with Gasteiger partial charge in [-0.25, -0.2) is 0 Å². The number of thioether (sulfide) groups is 1. The number of halogens is 3. The van der Waals surface area contributed by atoms with Gasteiger partial charge in [0.25, 0.3) is 5.91 Å². The van der Waals surface area contributed by atoms with E-state index in [4.69, 9.17) is 0 Å². The molecule has 0 fully saturated rings. The highest BCUT2D eigenvalue weighted by Crippen LogP contribution is 2.31. The molecule has 0 atom stereocenters. The number of alkyl halides is 3. The number of nitrogens with zero attached hydrogens (tertiary/aromatic N) is 2. The first kappa shape index (κ1) is 22.7. The van der Waals surface area contributed by atoms with Crippen LogP contribution in [-0.4, -0.2) is 27.8 Å². The number of fused-ring (bicyclic) bond motifs is 1. The topological polar surface area (TPSA) is 84.0 Å². The van der Waals surface area contributed by atoms with Crippen molar-refractivity contribution in [2.45, 2.75) is 10.5 Å². The molecule has 2 N–H and O–H groups in total. The quantitative estimate of drug-likeness (QED) is 0.269. The van der Waals surface area contributed by atoms with Crippen LogP contribution in [0, 0.1) is 0 Å². The van der Waals surface area contributed by atoms with Gasteiger partial charge in [-0.05, 0) is 41.1 Å². The Bertz CT molecular complexity index is 1320. The maximum Gasteiger partial charge on any atom is 0.416 e. The molecule has 6 nitrogen and oxygen atoms in total. The third-order valence-electron chi connectivity index (χ3n) is 4.44. The number of carbonyl (C=O) groups excluding carboxylic acids is 2. The molecule has 2 amide bonds. The molecule has 168 valence electrons. The lowest BCUT2D eigenvalue weighted by Gasteiger charge is -2.09. The zero-order chi connectivity index (χ0) is 23.4. The SMILES string of the molecule is O=C(CSc1nnc(NC(=O)c2ccc3ccccc3c2)s1)Nc1cccc(C(F)(F)F)c1. The lowest BCUT2D eigenvalue weighted by Crippen LogP contribution is -2.15. The number of hydrogen-bond donors (Lipinski definition) is 2. The number of anilines is 2. The summed E-state index contributed by atoms with van der Waals surface area (Å²) >= 11 is 2.16. The van der Waals surface area contributed by atoms with Gasteiger partial charge in [0, 0.05) is 11.3 Å². The summed E-state index contributed by atoms with van der Waals surface area (Å²) in [5.74, 6) is -0.907. The van der Waals surface area contributed by atoms with Gasteiger partial charge in [-0.15, -0.1) is 10.2 Å². The fourth-order valence-corrected chi connectivity index (χ4v) is 4.46. The summed E-state index contributed by atoms with van der Waals surface area (Å²) in [6.07, 6.45) is -4.49. The van der Waals surface area contributed by atoms with E-state index in [0.717, 1.165) is 46.0 Å². The van der Waals surface area contributed by atoms with E-state index in [1.54, 1.807) is 12.1 Å². The van der Waals surface area contributed by atoms with Crippen molar-refractivity contribution < 1.29 is 22.8 Å². The molecular formula is C22H15F3N4O2S2. The predicted molar refractivity (Wildman–Crippen MR) is 123 cm³/mol. The van der Waals surface area contributed by atoms with Crippen LogP contribution in [0.4, 0.5) is 24.0 Å². The third kappa shape index (κ3) is 5.88. The van der Waals surface area contributed by atoms with Crippen LogP contribution in [-0.2, 0) is 11.0 Å². The van der Waals surface area contributed by atoms with Gasteiger partial charge in [0.05, 0.1) is 11.3 Å². The van der Waals surface area contributed by atoms with E-state index >= 15 is 0 Å². The fraction of sp³-hybridized carbons (Fsp3) is 0.0909. The first-order valence-electron chi connectivity index (χ1n) is 9.51. The maximum absolute atomic E-state index is 12.8. The van der Waals surface area contributed by atoms with Gasteiger partial charge < -0.3 is 5.32 Å². The highest BCUT2D eigenvalue weighted by atomic mass is 32.2. The van der Waals surface area contributed by atoms with Crippen molar-refractivity contribution in [1.82, 2.24) is 10.2 Å². The van der Waals surface area contributed by atoms with E-state index in [1.807, 2.05) is 30.3 Å². The molecule has 4 rings (SSSR count). The molecule has 1 aromatic heterocycles. The van der Waals surface area contributed by atoms with Gasteiger partial charge in [-0.2, -0.15) is 13.2 Å². The van der Waals surface area contributed by atoms with Crippen LogP contribution in [0.1, 0.15) is 15.9 Å². The zero-order valence-electron chi connectivity index (χ0n) is 16.7. The van der Waals surface area contributed by atoms with Crippen LogP contribution in [0.2, 0.25) is 0 Å². The molecule has 4 aromatic rings. The Labute approximate surface area is 194 Å². The summed E-state index contributed by atoms with van der Waals surface area (Å²) in [4.78, 5) is 24.6. The van der Waals surface area contributed by atoms with E-state index < -0.39 is 17.6 Å². The third-order valence-corrected chi connectivity index (χ3v) is 6.41. The van der Waals surface area contributed by atoms with Crippen LogP contribution in [0.3, 0.4) is 0 Å². The highest BCUT2D eigenvalue weighted by molar-refractivity contribution is 8.01. The summed E-state index contributed by atoms with van der Waals surface area (Å²) in [6, 6.07) is 17.4. The molecule has 0 spiro atoms. The lowest BCUT2D eigenvalue weighted by molar-refractivity contribution is -0.137. The van der Waals surface area contributed by atoms with Crippen molar-refractivity contribution in [2.75, 3.05) is 16.4 Å². The number of rotatable bonds is 6. The molecule has 0 unspecified atom stereocenters. The van der Waals surface area contributed by atoms with Gasteiger partial charge >= 0.3 is 6.18 Å². The van der Waals surface area contributed by atoms with Gasteiger partial charge in [0.2, 0.25) is 11.0 Å². The van der Waals surface area contributed by atoms with E-state index in [9.17, 15) is 22.8 Å². The highest BCUT2D eigenvalue weighted by Gasteiger charge is 2.30. The molecule has 0 aliphatic heterocycles. The second-order valence-corrected chi connectivity index (χ2v) is 9.00. The first-order chi connectivity index (χ1) is 15.8. The number of amides is 2. The Morgan fingerprint density at radius 2 is 1.70 bits per heavy atom. The van der Waals surface area contributed by atoms with Crippen molar-refractivity contribution in [3.63, 3.8) is 0 Å². The van der Waals surface area contributed by atoms with Crippen molar-refractivity contribution >= 4 is 56.5 Å². The molecule has 0 saturated carbocycles. The second-order valence-electron chi connectivity index (χ2n) is 6.80. The molecule has 0 saturated heterocycles. The van der Waals surface area contributed by atoms with Crippen LogP contribution < -0.4 is 10.6 Å². The monoisotopic (exact) mass is 488 g/mol. The number of carbonyl (C=O) groups is 2. The minimum Gasteiger partial charge on any atom is -0.325 e. The molecule has 0 radical (unpaired) electrons. The zero-order valence-corrected chi connectivity index (χ0v) is 18.4. The van der Waals surface area contributed by atoms with Crippen LogP contribution in [0.5, 0.6) is 0 Å². The average molecular weight is 489 g/mol. The molecule has 33 heavy (non-hydrogen) atoms. The number of nitrogens with one attached hydrogen (secondary N) is 2. The van der Waals surface area contributed by atoms with E-state index in [1.165, 1.54) is 12.1 Å². The smallest absolute Gasteiger partial charge is 0.325 e. The lowest BCUT2D eigenvalue weighted by atomic mass is 10.1. The minimum atomic E-state index is -4.49. The fourth-order valence-electron chi connectivity index (χ4n) is 2.92. The summed E-state index contributed by atoms with van der Waals surface area (Å²) in [7, 11) is 0. The summed E-state index contributed by atoms with van der Waals surface area (Å²) in [5.41, 5.74) is -0.321. The van der Waals surface area contributed by atoms with Crippen molar-refractivity contribution in [3.8, 4) is 0 Å². The van der Waals surface area contributed by atoms with Gasteiger partial charge in [0.1, 0.15) is 0 Å². The first-order valence-corrected chi connectivity index (χ1v) is 11.3. The van der Waals surface area contributed by atoms with Crippen LogP contribution in [0.15, 0.2) is 71.1 Å². The normalized spacial score (nSPS) is 11.4. The van der Waals surface area contributed by atoms with Gasteiger partial charge in [-0.3, -0.25) is 14.9 Å². The van der Waals surface area contributed by atoms with E-state index in [2.05, 4.69) is 20.8 Å². The minimum absolute atomic E-state index is 0.0519. The van der Waals surface area contributed by atoms with Crippen LogP contribution >= 0.6 is 23.1 Å². The predicted octanol–water partition coefficient (Wildman–Crippen LogP) is 5.69. The van der Waals surface area contributed by atoms with Crippen molar-refractivity contribution in [2.24, 2.45) is 0 Å². The number of benzene rings is 3. The Balaban J connectivity index is 1.32. The van der Waals surface area contributed by atoms with E-state index in [-0.39, 0.29) is 22.5 Å². The Morgan fingerprint density at radius 1 is 0.909 bits per heavy atom. The summed E-state index contributed by atoms with van der Waals surface area (Å²) in [5, 5.41) is 15.2. The number of aromatic nitrogens is 2. The van der Waals surface area contributed by atoms with Crippen LogP contribution in [0.25, 0.3) is 10.8 Å². The second kappa shape index (κ2) is 9.59. The molecule has 0 bridgehead atoms. The summed E-state index contributed by atoms with van der Waals surface area (Å²) in [6.45, 7) is 0. The van der Waals surface area contributed by atoms with Crippen molar-refractivity contribution in [3.05, 3.63) is 77.9 Å². The standard InChI is InChI=1S/C22H15F3N4O2S2/c23-22(24,25)16-6-3-7-17(11-16)26-18(30)12-32-21-29-28-20(33-21)27-19(31)15-9-8-13-4-1-2-5-14(13)10-15/h1-11H,12H2,(H,26,30)(H,27,28,31). The van der Waals surface area contributed by atoms with Crippen molar-refractivity contribution in [1.29, 1.82) is 0 Å².